The van der Waals surface area contributed by atoms with E-state index in [0.29, 0.717) is 10.6 Å². The molecule has 2 heterocycles. The van der Waals surface area contributed by atoms with Crippen molar-refractivity contribution in [2.24, 2.45) is 0 Å². The number of carbonyl (C=O) groups is 1. The first-order valence-electron chi connectivity index (χ1n) is 7.78. The van der Waals surface area contributed by atoms with E-state index in [1.54, 1.807) is 0 Å². The van der Waals surface area contributed by atoms with E-state index in [-0.39, 0.29) is 5.91 Å². The van der Waals surface area contributed by atoms with E-state index in [1.165, 1.54) is 11.3 Å². The molecule has 1 saturated heterocycles. The van der Waals surface area contributed by atoms with Gasteiger partial charge in [0, 0.05) is 36.6 Å². The average molecular weight is 350 g/mol. The monoisotopic (exact) mass is 349 g/mol. The maximum atomic E-state index is 12.3. The molecule has 1 aliphatic rings. The molecule has 0 atom stereocenters. The summed E-state index contributed by atoms with van der Waals surface area (Å²) < 4.78 is 0. The number of thiophene rings is 1. The van der Waals surface area contributed by atoms with Crippen LogP contribution in [0.25, 0.3) is 0 Å². The van der Waals surface area contributed by atoms with Crippen LogP contribution in [0.5, 0.6) is 0 Å². The molecule has 23 heavy (non-hydrogen) atoms. The van der Waals surface area contributed by atoms with Crippen LogP contribution in [0.1, 0.15) is 17.3 Å². The van der Waals surface area contributed by atoms with Crippen molar-refractivity contribution in [3.05, 3.63) is 45.6 Å². The van der Waals surface area contributed by atoms with Gasteiger partial charge in [-0.15, -0.1) is 0 Å². The average Bonchev–Trinajstić information content (AvgIpc) is 3.10. The van der Waals surface area contributed by atoms with Crippen LogP contribution >= 0.6 is 22.9 Å². The summed E-state index contributed by atoms with van der Waals surface area (Å²) >= 11 is 7.65. The van der Waals surface area contributed by atoms with E-state index in [1.807, 2.05) is 35.0 Å². The second kappa shape index (κ2) is 7.34. The number of hydrogen-bond acceptors (Lipinski definition) is 4. The van der Waals surface area contributed by atoms with E-state index in [9.17, 15) is 4.79 Å². The summed E-state index contributed by atoms with van der Waals surface area (Å²) in [5, 5.41) is 7.38. The summed E-state index contributed by atoms with van der Waals surface area (Å²) in [6, 6.07) is 7.52. The van der Waals surface area contributed by atoms with Crippen molar-refractivity contribution in [2.45, 2.75) is 6.92 Å². The molecule has 2 aromatic rings. The third-order valence-electron chi connectivity index (χ3n) is 4.15. The van der Waals surface area contributed by atoms with Crippen LogP contribution in [0.4, 0.5) is 11.4 Å². The van der Waals surface area contributed by atoms with Gasteiger partial charge >= 0.3 is 0 Å². The molecule has 0 bridgehead atoms. The first-order valence-corrected chi connectivity index (χ1v) is 9.10. The van der Waals surface area contributed by atoms with Gasteiger partial charge < -0.3 is 15.1 Å². The van der Waals surface area contributed by atoms with E-state index in [2.05, 4.69) is 22.0 Å². The molecule has 1 aromatic carbocycles. The number of rotatable bonds is 4. The lowest BCUT2D eigenvalue weighted by atomic mass is 10.2. The minimum Gasteiger partial charge on any atom is -0.367 e. The fourth-order valence-corrected chi connectivity index (χ4v) is 3.59. The standard InChI is InChI=1S/C17H20ClN3OS/c1-2-20-6-8-21(9-7-20)16-4-3-14(18)11-15(16)19-17(22)13-5-10-23-12-13/h3-5,10-12H,2,6-9H2,1H3,(H,19,22). The van der Waals surface area contributed by atoms with Gasteiger partial charge in [-0.3, -0.25) is 4.79 Å². The second-order valence-corrected chi connectivity index (χ2v) is 6.77. The fraction of sp³-hybridized carbons (Fsp3) is 0.353. The summed E-state index contributed by atoms with van der Waals surface area (Å²) in [6.07, 6.45) is 0. The van der Waals surface area contributed by atoms with Crippen LogP contribution in [-0.4, -0.2) is 43.5 Å². The minimum absolute atomic E-state index is 0.0954. The number of piperazine rings is 1. The second-order valence-electron chi connectivity index (χ2n) is 5.55. The third-order valence-corrected chi connectivity index (χ3v) is 5.07. The van der Waals surface area contributed by atoms with Crippen LogP contribution in [0.15, 0.2) is 35.0 Å². The number of halogens is 1. The molecule has 4 nitrogen and oxygen atoms in total. The molecule has 1 aromatic heterocycles. The highest BCUT2D eigenvalue weighted by atomic mass is 35.5. The Morgan fingerprint density at radius 3 is 2.70 bits per heavy atom. The number of carbonyl (C=O) groups excluding carboxylic acids is 1. The van der Waals surface area contributed by atoms with Gasteiger partial charge in [0.25, 0.3) is 5.91 Å². The van der Waals surface area contributed by atoms with Gasteiger partial charge in [-0.05, 0) is 36.2 Å². The number of nitrogens with zero attached hydrogens (tertiary/aromatic N) is 2. The molecule has 0 unspecified atom stereocenters. The van der Waals surface area contributed by atoms with E-state index >= 15 is 0 Å². The molecule has 1 amide bonds. The lowest BCUT2D eigenvalue weighted by Gasteiger charge is -2.36. The molecule has 1 aliphatic heterocycles. The fourth-order valence-electron chi connectivity index (χ4n) is 2.78. The molecule has 0 radical (unpaired) electrons. The summed E-state index contributed by atoms with van der Waals surface area (Å²) in [6.45, 7) is 7.25. The molecule has 6 heteroatoms. The summed E-state index contributed by atoms with van der Waals surface area (Å²) in [5.74, 6) is -0.0954. The highest BCUT2D eigenvalue weighted by Crippen LogP contribution is 2.30. The van der Waals surface area contributed by atoms with Crippen molar-refractivity contribution < 1.29 is 4.79 Å². The summed E-state index contributed by atoms with van der Waals surface area (Å²) in [5.41, 5.74) is 2.49. The Hall–Kier alpha value is -1.56. The molecule has 0 aliphatic carbocycles. The van der Waals surface area contributed by atoms with Gasteiger partial charge in [0.15, 0.2) is 0 Å². The predicted molar refractivity (Wildman–Crippen MR) is 98.1 cm³/mol. The maximum absolute atomic E-state index is 12.3. The topological polar surface area (TPSA) is 35.6 Å². The van der Waals surface area contributed by atoms with E-state index in [4.69, 9.17) is 11.6 Å². The number of nitrogens with one attached hydrogen (secondary N) is 1. The van der Waals surface area contributed by atoms with E-state index < -0.39 is 0 Å². The molecule has 3 rings (SSSR count). The Kier molecular flexibility index (Phi) is 5.20. The van der Waals surface area contributed by atoms with Crippen LogP contribution in [0.2, 0.25) is 5.02 Å². The predicted octanol–water partition coefficient (Wildman–Crippen LogP) is 3.80. The molecule has 1 fully saturated rings. The number of anilines is 2. The molecule has 1 N–H and O–H groups in total. The zero-order valence-corrected chi connectivity index (χ0v) is 14.7. The first kappa shape index (κ1) is 16.3. The van der Waals surface area contributed by atoms with Gasteiger partial charge in [0.05, 0.1) is 16.9 Å². The van der Waals surface area contributed by atoms with Crippen molar-refractivity contribution in [1.29, 1.82) is 0 Å². The van der Waals surface area contributed by atoms with Gasteiger partial charge in [-0.25, -0.2) is 0 Å². The lowest BCUT2D eigenvalue weighted by Crippen LogP contribution is -2.46. The van der Waals surface area contributed by atoms with Crippen molar-refractivity contribution in [2.75, 3.05) is 42.9 Å². The summed E-state index contributed by atoms with van der Waals surface area (Å²) in [4.78, 5) is 17.1. The lowest BCUT2D eigenvalue weighted by molar-refractivity contribution is 0.102. The zero-order valence-electron chi connectivity index (χ0n) is 13.1. The van der Waals surface area contributed by atoms with Crippen molar-refractivity contribution in [3.8, 4) is 0 Å². The molecule has 0 saturated carbocycles. The van der Waals surface area contributed by atoms with Crippen molar-refractivity contribution >= 4 is 40.2 Å². The third kappa shape index (κ3) is 3.86. The SMILES string of the molecule is CCN1CCN(c2ccc(Cl)cc2NC(=O)c2ccsc2)CC1. The molecule has 122 valence electrons. The van der Waals surface area contributed by atoms with Gasteiger partial charge in [-0.2, -0.15) is 11.3 Å². The van der Waals surface area contributed by atoms with Gasteiger partial charge in [0.1, 0.15) is 0 Å². The highest BCUT2D eigenvalue weighted by Gasteiger charge is 2.19. The quantitative estimate of drug-likeness (QED) is 0.912. The Bertz CT molecular complexity index is 666. The number of hydrogen-bond donors (Lipinski definition) is 1. The van der Waals surface area contributed by atoms with Crippen LogP contribution in [0.3, 0.4) is 0 Å². The van der Waals surface area contributed by atoms with Gasteiger partial charge in [0.2, 0.25) is 0 Å². The first-order chi connectivity index (χ1) is 11.2. The van der Waals surface area contributed by atoms with Crippen LogP contribution in [0, 0.1) is 0 Å². The number of benzene rings is 1. The maximum Gasteiger partial charge on any atom is 0.256 e. The van der Waals surface area contributed by atoms with E-state index in [0.717, 1.165) is 44.1 Å². The van der Waals surface area contributed by atoms with Crippen LogP contribution < -0.4 is 10.2 Å². The smallest absolute Gasteiger partial charge is 0.256 e. The number of likely N-dealkylation sites (N-methyl/N-ethyl adjacent to an activating group) is 1. The zero-order chi connectivity index (χ0) is 16.2. The molecule has 0 spiro atoms. The Labute approximate surface area is 145 Å². The normalized spacial score (nSPS) is 15.7. The Morgan fingerprint density at radius 1 is 1.26 bits per heavy atom. The highest BCUT2D eigenvalue weighted by molar-refractivity contribution is 7.08. The number of amides is 1. The summed E-state index contributed by atoms with van der Waals surface area (Å²) in [7, 11) is 0. The van der Waals surface area contributed by atoms with Gasteiger partial charge in [-0.1, -0.05) is 18.5 Å². The van der Waals surface area contributed by atoms with Crippen molar-refractivity contribution in [1.82, 2.24) is 4.90 Å². The Morgan fingerprint density at radius 2 is 2.04 bits per heavy atom. The van der Waals surface area contributed by atoms with Crippen LogP contribution in [-0.2, 0) is 0 Å². The van der Waals surface area contributed by atoms with Crippen molar-refractivity contribution in [3.63, 3.8) is 0 Å². The Balaban J connectivity index is 1.79. The molecular formula is C17H20ClN3OS. The molecular weight excluding hydrogens is 330 g/mol. The minimum atomic E-state index is -0.0954. The largest absolute Gasteiger partial charge is 0.367 e.